The zero-order valence-corrected chi connectivity index (χ0v) is 10.5. The van der Waals surface area contributed by atoms with Gasteiger partial charge in [-0.2, -0.15) is 0 Å². The van der Waals surface area contributed by atoms with Crippen molar-refractivity contribution in [3.8, 4) is 0 Å². The van der Waals surface area contributed by atoms with E-state index < -0.39 is 0 Å². The lowest BCUT2D eigenvalue weighted by atomic mass is 10.2. The minimum Gasteiger partial charge on any atom is -0.392 e. The van der Waals surface area contributed by atoms with Gasteiger partial charge in [-0.15, -0.1) is 0 Å². The predicted octanol–water partition coefficient (Wildman–Crippen LogP) is 4.23. The molecular formula is C13H11Cl2NO. The quantitative estimate of drug-likeness (QED) is 0.873. The van der Waals surface area contributed by atoms with Crippen molar-refractivity contribution >= 4 is 34.6 Å². The molecule has 2 rings (SSSR count). The summed E-state index contributed by atoms with van der Waals surface area (Å²) in [6.07, 6.45) is 0. The fourth-order valence-corrected chi connectivity index (χ4v) is 1.95. The molecule has 0 amide bonds. The van der Waals surface area contributed by atoms with Crippen LogP contribution in [0.5, 0.6) is 0 Å². The lowest BCUT2D eigenvalue weighted by molar-refractivity contribution is 0.282. The van der Waals surface area contributed by atoms with Crippen LogP contribution in [0.25, 0.3) is 0 Å². The number of anilines is 2. The molecule has 0 radical (unpaired) electrons. The van der Waals surface area contributed by atoms with Crippen LogP contribution in [0.2, 0.25) is 10.0 Å². The van der Waals surface area contributed by atoms with Crippen molar-refractivity contribution in [2.75, 3.05) is 5.32 Å². The summed E-state index contributed by atoms with van der Waals surface area (Å²) < 4.78 is 0. The Morgan fingerprint density at radius 1 is 0.941 bits per heavy atom. The molecule has 0 aliphatic carbocycles. The van der Waals surface area contributed by atoms with Crippen molar-refractivity contribution in [1.29, 1.82) is 0 Å². The minimum atomic E-state index is 0.0349. The first-order chi connectivity index (χ1) is 8.20. The number of para-hydroxylation sites is 1. The number of rotatable bonds is 3. The molecule has 0 saturated heterocycles. The fraction of sp³-hybridized carbons (Fsp3) is 0.0769. The molecule has 2 nitrogen and oxygen atoms in total. The van der Waals surface area contributed by atoms with E-state index >= 15 is 0 Å². The summed E-state index contributed by atoms with van der Waals surface area (Å²) in [6, 6.07) is 12.8. The van der Waals surface area contributed by atoms with Crippen LogP contribution >= 0.6 is 23.2 Å². The van der Waals surface area contributed by atoms with Gasteiger partial charge in [-0.1, -0.05) is 41.4 Å². The minimum absolute atomic E-state index is 0.0349. The zero-order chi connectivity index (χ0) is 12.3. The van der Waals surface area contributed by atoms with E-state index in [4.69, 9.17) is 28.3 Å². The Kier molecular flexibility index (Phi) is 3.89. The highest BCUT2D eigenvalue weighted by Gasteiger charge is 2.05. The Morgan fingerprint density at radius 3 is 2.06 bits per heavy atom. The van der Waals surface area contributed by atoms with Gasteiger partial charge in [-0.3, -0.25) is 0 Å². The average Bonchev–Trinajstić information content (AvgIpc) is 2.35. The Balaban J connectivity index is 2.25. The first-order valence-electron chi connectivity index (χ1n) is 5.11. The van der Waals surface area contributed by atoms with Crippen LogP contribution in [0.15, 0.2) is 42.5 Å². The van der Waals surface area contributed by atoms with E-state index in [2.05, 4.69) is 5.32 Å². The molecule has 2 aromatic carbocycles. The summed E-state index contributed by atoms with van der Waals surface area (Å²) >= 11 is 12.1. The summed E-state index contributed by atoms with van der Waals surface area (Å²) in [5, 5.41) is 13.2. The van der Waals surface area contributed by atoms with Crippen LogP contribution < -0.4 is 5.32 Å². The summed E-state index contributed by atoms with van der Waals surface area (Å²) in [5.41, 5.74) is 2.42. The molecule has 0 atom stereocenters. The molecule has 0 unspecified atom stereocenters. The average molecular weight is 268 g/mol. The number of hydrogen-bond donors (Lipinski definition) is 2. The Hall–Kier alpha value is -1.22. The molecule has 17 heavy (non-hydrogen) atoms. The maximum absolute atomic E-state index is 8.94. The van der Waals surface area contributed by atoms with Crippen molar-refractivity contribution in [1.82, 2.24) is 0 Å². The van der Waals surface area contributed by atoms with E-state index in [9.17, 15) is 0 Å². The molecule has 0 aliphatic heterocycles. The monoisotopic (exact) mass is 267 g/mol. The number of nitrogens with one attached hydrogen (secondary N) is 1. The molecule has 0 saturated carbocycles. The molecule has 0 bridgehead atoms. The van der Waals surface area contributed by atoms with Crippen LogP contribution in [-0.2, 0) is 6.61 Å². The van der Waals surface area contributed by atoms with E-state index in [0.717, 1.165) is 11.3 Å². The van der Waals surface area contributed by atoms with Gasteiger partial charge in [0.15, 0.2) is 0 Å². The molecule has 4 heteroatoms. The van der Waals surface area contributed by atoms with Gasteiger partial charge in [0.2, 0.25) is 0 Å². The highest BCUT2D eigenvalue weighted by Crippen LogP contribution is 2.32. The van der Waals surface area contributed by atoms with Gasteiger partial charge in [-0.25, -0.2) is 0 Å². The second kappa shape index (κ2) is 5.41. The van der Waals surface area contributed by atoms with E-state index in [-0.39, 0.29) is 6.61 Å². The van der Waals surface area contributed by atoms with Gasteiger partial charge >= 0.3 is 0 Å². The maximum atomic E-state index is 8.94. The van der Waals surface area contributed by atoms with Gasteiger partial charge in [0.1, 0.15) is 0 Å². The second-order valence-corrected chi connectivity index (χ2v) is 4.39. The molecule has 0 heterocycles. The number of hydrogen-bond acceptors (Lipinski definition) is 2. The van der Waals surface area contributed by atoms with Gasteiger partial charge in [0.05, 0.1) is 22.3 Å². The van der Waals surface area contributed by atoms with Crippen LogP contribution in [0.1, 0.15) is 5.56 Å². The van der Waals surface area contributed by atoms with Crippen molar-refractivity contribution < 1.29 is 5.11 Å². The SMILES string of the molecule is OCc1ccc(Nc2c(Cl)cccc2Cl)cc1. The molecule has 0 aromatic heterocycles. The molecule has 2 aromatic rings. The Bertz CT molecular complexity index is 491. The number of aliphatic hydroxyl groups is 1. The summed E-state index contributed by atoms with van der Waals surface area (Å²) in [6.45, 7) is 0.0349. The molecule has 2 N–H and O–H groups in total. The van der Waals surface area contributed by atoms with Gasteiger partial charge in [0, 0.05) is 5.69 Å². The highest BCUT2D eigenvalue weighted by molar-refractivity contribution is 6.39. The van der Waals surface area contributed by atoms with Crippen LogP contribution in [0.4, 0.5) is 11.4 Å². The number of aliphatic hydroxyl groups excluding tert-OH is 1. The fourth-order valence-electron chi connectivity index (χ4n) is 1.46. The van der Waals surface area contributed by atoms with Crippen LogP contribution in [-0.4, -0.2) is 5.11 Å². The van der Waals surface area contributed by atoms with Gasteiger partial charge < -0.3 is 10.4 Å². The molecule has 0 spiro atoms. The van der Waals surface area contributed by atoms with Crippen LogP contribution in [0, 0.1) is 0 Å². The summed E-state index contributed by atoms with van der Waals surface area (Å²) in [7, 11) is 0. The van der Waals surface area contributed by atoms with E-state index in [1.807, 2.05) is 24.3 Å². The maximum Gasteiger partial charge on any atom is 0.0762 e. The largest absolute Gasteiger partial charge is 0.392 e. The Morgan fingerprint density at radius 2 is 1.53 bits per heavy atom. The standard InChI is InChI=1S/C13H11Cl2NO/c14-11-2-1-3-12(15)13(11)16-10-6-4-9(8-17)5-7-10/h1-7,16-17H,8H2. The zero-order valence-electron chi connectivity index (χ0n) is 8.95. The first kappa shape index (κ1) is 12.2. The third kappa shape index (κ3) is 2.91. The first-order valence-corrected chi connectivity index (χ1v) is 5.87. The van der Waals surface area contributed by atoms with Crippen molar-refractivity contribution in [3.05, 3.63) is 58.1 Å². The highest BCUT2D eigenvalue weighted by atomic mass is 35.5. The Labute approximate surface area is 110 Å². The second-order valence-electron chi connectivity index (χ2n) is 3.58. The molecular weight excluding hydrogens is 257 g/mol. The lowest BCUT2D eigenvalue weighted by Gasteiger charge is -2.10. The van der Waals surface area contributed by atoms with Crippen molar-refractivity contribution in [3.63, 3.8) is 0 Å². The third-order valence-electron chi connectivity index (χ3n) is 2.37. The third-order valence-corrected chi connectivity index (χ3v) is 3.00. The van der Waals surface area contributed by atoms with E-state index in [0.29, 0.717) is 15.7 Å². The van der Waals surface area contributed by atoms with Crippen LogP contribution in [0.3, 0.4) is 0 Å². The summed E-state index contributed by atoms with van der Waals surface area (Å²) in [5.74, 6) is 0. The molecule has 0 fully saturated rings. The number of halogens is 2. The predicted molar refractivity (Wildman–Crippen MR) is 72.1 cm³/mol. The smallest absolute Gasteiger partial charge is 0.0762 e. The van der Waals surface area contributed by atoms with Gasteiger partial charge in [0.25, 0.3) is 0 Å². The van der Waals surface area contributed by atoms with Crippen molar-refractivity contribution in [2.24, 2.45) is 0 Å². The topological polar surface area (TPSA) is 32.3 Å². The van der Waals surface area contributed by atoms with Crippen molar-refractivity contribution in [2.45, 2.75) is 6.61 Å². The summed E-state index contributed by atoms with van der Waals surface area (Å²) in [4.78, 5) is 0. The van der Waals surface area contributed by atoms with E-state index in [1.54, 1.807) is 18.2 Å². The molecule has 88 valence electrons. The lowest BCUT2D eigenvalue weighted by Crippen LogP contribution is -1.92. The normalized spacial score (nSPS) is 10.3. The number of benzene rings is 2. The molecule has 0 aliphatic rings. The van der Waals surface area contributed by atoms with Gasteiger partial charge in [-0.05, 0) is 29.8 Å². The van der Waals surface area contributed by atoms with E-state index in [1.165, 1.54) is 0 Å².